The highest BCUT2D eigenvalue weighted by Gasteiger charge is 2.37. The van der Waals surface area contributed by atoms with Crippen LogP contribution >= 0.6 is 0 Å². The van der Waals surface area contributed by atoms with Crippen LogP contribution < -0.4 is 0 Å². The number of amides is 1. The molecule has 3 atom stereocenters. The molecule has 1 aromatic rings. The van der Waals surface area contributed by atoms with E-state index in [0.29, 0.717) is 13.1 Å². The topological polar surface area (TPSA) is 53.0 Å². The first-order valence-corrected chi connectivity index (χ1v) is 8.74. The molecule has 0 bridgehead atoms. The van der Waals surface area contributed by atoms with Gasteiger partial charge in [0.25, 0.3) is 0 Å². The molecule has 1 heterocycles. The molecular formula is C19H29FN2O3. The molecule has 6 heteroatoms. The van der Waals surface area contributed by atoms with Gasteiger partial charge in [-0.05, 0) is 52.3 Å². The van der Waals surface area contributed by atoms with Gasteiger partial charge in [0.1, 0.15) is 11.4 Å². The molecule has 0 spiro atoms. The van der Waals surface area contributed by atoms with E-state index in [0.717, 1.165) is 5.56 Å². The number of aliphatic hydroxyl groups excluding tert-OH is 1. The minimum absolute atomic E-state index is 0.0412. The number of hydrogen-bond acceptors (Lipinski definition) is 4. The second-order valence-electron chi connectivity index (χ2n) is 7.78. The Morgan fingerprint density at radius 3 is 2.36 bits per heavy atom. The second kappa shape index (κ2) is 7.70. The lowest BCUT2D eigenvalue weighted by Gasteiger charge is -2.47. The number of nitrogens with zero attached hydrogens (tertiary/aromatic N) is 2. The van der Waals surface area contributed by atoms with Crippen LogP contribution in [0.25, 0.3) is 0 Å². The van der Waals surface area contributed by atoms with Crippen molar-refractivity contribution in [2.75, 3.05) is 19.7 Å². The van der Waals surface area contributed by atoms with E-state index in [4.69, 9.17) is 4.74 Å². The first-order chi connectivity index (χ1) is 11.6. The van der Waals surface area contributed by atoms with Crippen LogP contribution in [0.3, 0.4) is 0 Å². The van der Waals surface area contributed by atoms with Gasteiger partial charge in [-0.2, -0.15) is 0 Å². The standard InChI is InChI=1S/C19H29FN2O3/c1-13-11-22(18(24)25-19(3,4)5)14(2)10-21(13)17(12-23)15-6-8-16(20)9-7-15/h6-9,13-14,17,23H,10-12H2,1-5H3/t13-,14+,17?/m1/s1. The zero-order chi connectivity index (χ0) is 18.8. The highest BCUT2D eigenvalue weighted by atomic mass is 19.1. The molecule has 2 rings (SSSR count). The molecule has 1 unspecified atom stereocenters. The van der Waals surface area contributed by atoms with Crippen molar-refractivity contribution in [2.45, 2.75) is 58.3 Å². The Hall–Kier alpha value is -1.66. The van der Waals surface area contributed by atoms with Gasteiger partial charge in [0.15, 0.2) is 0 Å². The predicted molar refractivity (Wildman–Crippen MR) is 94.8 cm³/mol. The van der Waals surface area contributed by atoms with Gasteiger partial charge in [0.05, 0.1) is 12.6 Å². The van der Waals surface area contributed by atoms with E-state index in [9.17, 15) is 14.3 Å². The molecule has 5 nitrogen and oxygen atoms in total. The number of ether oxygens (including phenoxy) is 1. The number of benzene rings is 1. The molecule has 0 aromatic heterocycles. The zero-order valence-corrected chi connectivity index (χ0v) is 15.7. The van der Waals surface area contributed by atoms with Crippen LogP contribution in [0.5, 0.6) is 0 Å². The van der Waals surface area contributed by atoms with Gasteiger partial charge in [-0.1, -0.05) is 12.1 Å². The maximum absolute atomic E-state index is 13.2. The molecule has 1 aliphatic rings. The molecule has 1 amide bonds. The molecule has 1 aliphatic heterocycles. The number of carbonyl (C=O) groups excluding carboxylic acids is 1. The minimum atomic E-state index is -0.529. The molecular weight excluding hydrogens is 323 g/mol. The fourth-order valence-electron chi connectivity index (χ4n) is 3.25. The Balaban J connectivity index is 2.12. The average molecular weight is 352 g/mol. The fourth-order valence-corrected chi connectivity index (χ4v) is 3.25. The first-order valence-electron chi connectivity index (χ1n) is 8.74. The summed E-state index contributed by atoms with van der Waals surface area (Å²) < 4.78 is 18.7. The van der Waals surface area contributed by atoms with Crippen LogP contribution in [-0.4, -0.2) is 58.4 Å². The van der Waals surface area contributed by atoms with E-state index in [1.165, 1.54) is 12.1 Å². The maximum atomic E-state index is 13.2. The fraction of sp³-hybridized carbons (Fsp3) is 0.632. The normalized spacial score (nSPS) is 23.4. The highest BCUT2D eigenvalue weighted by molar-refractivity contribution is 5.68. The van der Waals surface area contributed by atoms with E-state index in [2.05, 4.69) is 4.90 Å². The minimum Gasteiger partial charge on any atom is -0.444 e. The Morgan fingerprint density at radius 1 is 1.24 bits per heavy atom. The van der Waals surface area contributed by atoms with Crippen molar-refractivity contribution >= 4 is 6.09 Å². The summed E-state index contributed by atoms with van der Waals surface area (Å²) in [7, 11) is 0. The van der Waals surface area contributed by atoms with Crippen molar-refractivity contribution in [3.8, 4) is 0 Å². The van der Waals surface area contributed by atoms with Gasteiger partial charge >= 0.3 is 6.09 Å². The molecule has 0 aliphatic carbocycles. The maximum Gasteiger partial charge on any atom is 0.410 e. The second-order valence-corrected chi connectivity index (χ2v) is 7.78. The summed E-state index contributed by atoms with van der Waals surface area (Å²) in [5.41, 5.74) is 0.340. The van der Waals surface area contributed by atoms with Crippen LogP contribution in [0.4, 0.5) is 9.18 Å². The lowest BCUT2D eigenvalue weighted by atomic mass is 10.0. The van der Waals surface area contributed by atoms with E-state index in [1.54, 1.807) is 17.0 Å². The summed E-state index contributed by atoms with van der Waals surface area (Å²) >= 11 is 0. The Bertz CT molecular complexity index is 585. The average Bonchev–Trinajstić information content (AvgIpc) is 2.51. The summed E-state index contributed by atoms with van der Waals surface area (Å²) in [6, 6.07) is 6.00. The van der Waals surface area contributed by atoms with Crippen LogP contribution in [-0.2, 0) is 4.74 Å². The molecule has 1 aromatic carbocycles. The molecule has 0 saturated carbocycles. The third kappa shape index (κ3) is 4.92. The predicted octanol–water partition coefficient (Wildman–Crippen LogP) is 3.19. The third-order valence-electron chi connectivity index (χ3n) is 4.49. The lowest BCUT2D eigenvalue weighted by Crippen LogP contribution is -2.59. The monoisotopic (exact) mass is 352 g/mol. The van der Waals surface area contributed by atoms with Gasteiger partial charge < -0.3 is 14.7 Å². The third-order valence-corrected chi connectivity index (χ3v) is 4.49. The first kappa shape index (κ1) is 19.7. The van der Waals surface area contributed by atoms with Crippen molar-refractivity contribution in [3.05, 3.63) is 35.6 Å². The van der Waals surface area contributed by atoms with Crippen LogP contribution in [0.1, 0.15) is 46.2 Å². The van der Waals surface area contributed by atoms with Gasteiger partial charge in [-0.3, -0.25) is 4.90 Å². The van der Waals surface area contributed by atoms with E-state index < -0.39 is 5.60 Å². The van der Waals surface area contributed by atoms with Crippen molar-refractivity contribution in [1.82, 2.24) is 9.80 Å². The summed E-state index contributed by atoms with van der Waals surface area (Å²) in [6.07, 6.45) is -0.311. The van der Waals surface area contributed by atoms with Gasteiger partial charge in [-0.15, -0.1) is 0 Å². The number of halogens is 1. The lowest BCUT2D eigenvalue weighted by molar-refractivity contribution is -0.0269. The van der Waals surface area contributed by atoms with Gasteiger partial charge in [0, 0.05) is 25.2 Å². The molecule has 140 valence electrons. The zero-order valence-electron chi connectivity index (χ0n) is 15.7. The number of carbonyl (C=O) groups is 1. The van der Waals surface area contributed by atoms with Crippen molar-refractivity contribution in [3.63, 3.8) is 0 Å². The van der Waals surface area contributed by atoms with Gasteiger partial charge in [0.2, 0.25) is 0 Å². The molecule has 1 N–H and O–H groups in total. The van der Waals surface area contributed by atoms with Crippen LogP contribution in [0, 0.1) is 5.82 Å². The molecule has 0 radical (unpaired) electrons. The summed E-state index contributed by atoms with van der Waals surface area (Å²) in [5, 5.41) is 9.89. The molecule has 1 saturated heterocycles. The van der Waals surface area contributed by atoms with Gasteiger partial charge in [-0.25, -0.2) is 9.18 Å². The summed E-state index contributed by atoms with van der Waals surface area (Å²) in [6.45, 7) is 10.6. The van der Waals surface area contributed by atoms with E-state index >= 15 is 0 Å². The SMILES string of the molecule is C[C@@H]1CN(C(=O)OC(C)(C)C)[C@@H](C)CN1C(CO)c1ccc(F)cc1. The Morgan fingerprint density at radius 2 is 1.84 bits per heavy atom. The van der Waals surface area contributed by atoms with E-state index in [1.807, 2.05) is 34.6 Å². The summed E-state index contributed by atoms with van der Waals surface area (Å²) in [4.78, 5) is 16.3. The van der Waals surface area contributed by atoms with Crippen molar-refractivity contribution in [2.24, 2.45) is 0 Å². The Kier molecular flexibility index (Phi) is 6.06. The van der Waals surface area contributed by atoms with Crippen molar-refractivity contribution < 1.29 is 19.0 Å². The molecule has 25 heavy (non-hydrogen) atoms. The van der Waals surface area contributed by atoms with E-state index in [-0.39, 0.29) is 36.6 Å². The number of aliphatic hydroxyl groups is 1. The highest BCUT2D eigenvalue weighted by Crippen LogP contribution is 2.28. The Labute approximate surface area is 149 Å². The number of piperazine rings is 1. The van der Waals surface area contributed by atoms with Crippen LogP contribution in [0.15, 0.2) is 24.3 Å². The quantitative estimate of drug-likeness (QED) is 0.908. The van der Waals surface area contributed by atoms with Crippen molar-refractivity contribution in [1.29, 1.82) is 0 Å². The molecule has 1 fully saturated rings. The number of hydrogen-bond donors (Lipinski definition) is 1. The smallest absolute Gasteiger partial charge is 0.410 e. The van der Waals surface area contributed by atoms with Crippen LogP contribution in [0.2, 0.25) is 0 Å². The largest absolute Gasteiger partial charge is 0.444 e. The summed E-state index contributed by atoms with van der Waals surface area (Å²) in [5.74, 6) is -0.295. The number of rotatable bonds is 3.